The fraction of sp³-hybridized carbons (Fsp3) is 0.722. The summed E-state index contributed by atoms with van der Waals surface area (Å²) in [5.74, 6) is 0.435. The predicted molar refractivity (Wildman–Crippen MR) is 95.7 cm³/mol. The number of nitrogens with zero attached hydrogens (tertiary/aromatic N) is 2. The first-order chi connectivity index (χ1) is 11.1. The van der Waals surface area contributed by atoms with Gasteiger partial charge in [0.15, 0.2) is 0 Å². The maximum atomic E-state index is 12.5. The predicted octanol–water partition coefficient (Wildman–Crippen LogP) is 2.73. The molecule has 0 radical (unpaired) electrons. The molecule has 1 unspecified atom stereocenters. The van der Waals surface area contributed by atoms with Gasteiger partial charge in [-0.3, -0.25) is 4.79 Å². The molecule has 3 heterocycles. The van der Waals surface area contributed by atoms with E-state index in [1.165, 1.54) is 31.5 Å². The Kier molecular flexibility index (Phi) is 5.72. The van der Waals surface area contributed by atoms with Crippen LogP contribution in [0.2, 0.25) is 0 Å². The fourth-order valence-corrected chi connectivity index (χ4v) is 4.58. The number of nitrogens with one attached hydrogen (secondary N) is 1. The number of amides is 1. The van der Waals surface area contributed by atoms with E-state index in [0.29, 0.717) is 0 Å². The Balaban J connectivity index is 1.44. The zero-order chi connectivity index (χ0) is 16.2. The topological polar surface area (TPSA) is 35.6 Å². The van der Waals surface area contributed by atoms with Crippen LogP contribution in [0.1, 0.15) is 44.2 Å². The van der Waals surface area contributed by atoms with Gasteiger partial charge in [0.1, 0.15) is 0 Å². The summed E-state index contributed by atoms with van der Waals surface area (Å²) in [7, 11) is 2.21. The van der Waals surface area contributed by atoms with Gasteiger partial charge in [0.25, 0.3) is 0 Å². The lowest BCUT2D eigenvalue weighted by atomic mass is 9.92. The minimum absolute atomic E-state index is 0.126. The van der Waals surface area contributed by atoms with Crippen LogP contribution in [0, 0.1) is 5.92 Å². The van der Waals surface area contributed by atoms with Crippen molar-refractivity contribution >= 4 is 17.2 Å². The summed E-state index contributed by atoms with van der Waals surface area (Å²) in [4.78, 5) is 17.5. The van der Waals surface area contributed by atoms with Crippen LogP contribution in [0.25, 0.3) is 0 Å². The number of likely N-dealkylation sites (tertiary alicyclic amines) is 2. The Morgan fingerprint density at radius 3 is 2.52 bits per heavy atom. The number of carbonyl (C=O) groups excluding carboxylic acids is 1. The molecule has 2 aliphatic rings. The molecule has 1 N–H and O–H groups in total. The molecule has 1 amide bonds. The normalized spacial score (nSPS) is 23.7. The minimum Gasteiger partial charge on any atom is -0.349 e. The minimum atomic E-state index is 0.126. The van der Waals surface area contributed by atoms with E-state index >= 15 is 0 Å². The average Bonchev–Trinajstić information content (AvgIpc) is 3.10. The molecule has 128 valence electrons. The molecule has 3 rings (SSSR count). The zero-order valence-electron chi connectivity index (χ0n) is 14.3. The van der Waals surface area contributed by atoms with Gasteiger partial charge < -0.3 is 15.1 Å². The summed E-state index contributed by atoms with van der Waals surface area (Å²) >= 11 is 1.69. The second-order valence-electron chi connectivity index (χ2n) is 7.13. The van der Waals surface area contributed by atoms with Crippen LogP contribution in [0.4, 0.5) is 0 Å². The highest BCUT2D eigenvalue weighted by Crippen LogP contribution is 2.24. The van der Waals surface area contributed by atoms with E-state index in [-0.39, 0.29) is 17.9 Å². The summed E-state index contributed by atoms with van der Waals surface area (Å²) in [5.41, 5.74) is 1.21. The maximum absolute atomic E-state index is 12.5. The molecule has 0 bridgehead atoms. The number of hydrogen-bond donors (Lipinski definition) is 1. The zero-order valence-corrected chi connectivity index (χ0v) is 15.1. The molecule has 1 aromatic heterocycles. The molecule has 2 aliphatic heterocycles. The van der Waals surface area contributed by atoms with E-state index < -0.39 is 0 Å². The molecular formula is C18H29N3OS. The first-order valence-corrected chi connectivity index (χ1v) is 9.83. The third-order valence-electron chi connectivity index (χ3n) is 5.51. The van der Waals surface area contributed by atoms with Gasteiger partial charge in [-0.05, 0) is 88.2 Å². The Morgan fingerprint density at radius 1 is 1.22 bits per heavy atom. The van der Waals surface area contributed by atoms with E-state index in [4.69, 9.17) is 0 Å². The van der Waals surface area contributed by atoms with Crippen LogP contribution in [0.15, 0.2) is 16.8 Å². The van der Waals surface area contributed by atoms with E-state index in [1.807, 2.05) is 0 Å². The molecule has 23 heavy (non-hydrogen) atoms. The molecular weight excluding hydrogens is 306 g/mol. The number of hydrogen-bond acceptors (Lipinski definition) is 4. The number of carbonyl (C=O) groups is 1. The van der Waals surface area contributed by atoms with E-state index in [9.17, 15) is 4.79 Å². The van der Waals surface area contributed by atoms with Crippen LogP contribution in [0.5, 0.6) is 0 Å². The van der Waals surface area contributed by atoms with Crippen molar-refractivity contribution in [3.63, 3.8) is 0 Å². The van der Waals surface area contributed by atoms with Gasteiger partial charge >= 0.3 is 0 Å². The molecule has 1 atom stereocenters. The first-order valence-electron chi connectivity index (χ1n) is 8.88. The molecule has 0 spiro atoms. The molecule has 2 saturated heterocycles. The van der Waals surface area contributed by atoms with Crippen molar-refractivity contribution < 1.29 is 4.79 Å². The van der Waals surface area contributed by atoms with Crippen molar-refractivity contribution in [3.8, 4) is 0 Å². The van der Waals surface area contributed by atoms with Crippen LogP contribution in [0.3, 0.4) is 0 Å². The highest BCUT2D eigenvalue weighted by Gasteiger charge is 2.30. The lowest BCUT2D eigenvalue weighted by Gasteiger charge is -2.40. The molecule has 0 aliphatic carbocycles. The highest BCUT2D eigenvalue weighted by atomic mass is 32.1. The van der Waals surface area contributed by atoms with Crippen molar-refractivity contribution in [2.75, 3.05) is 33.2 Å². The Morgan fingerprint density at radius 2 is 1.91 bits per heavy atom. The second kappa shape index (κ2) is 7.77. The Bertz CT molecular complexity index is 488. The van der Waals surface area contributed by atoms with Gasteiger partial charge in [0, 0.05) is 12.0 Å². The van der Waals surface area contributed by atoms with Crippen LogP contribution < -0.4 is 5.32 Å². The van der Waals surface area contributed by atoms with Crippen molar-refractivity contribution in [1.82, 2.24) is 15.1 Å². The van der Waals surface area contributed by atoms with Gasteiger partial charge in [-0.2, -0.15) is 11.3 Å². The van der Waals surface area contributed by atoms with Crippen molar-refractivity contribution in [2.45, 2.75) is 44.7 Å². The number of rotatable bonds is 4. The summed E-state index contributed by atoms with van der Waals surface area (Å²) < 4.78 is 0. The van der Waals surface area contributed by atoms with Gasteiger partial charge in [0.05, 0.1) is 6.04 Å². The maximum Gasteiger partial charge on any atom is 0.223 e. The summed E-state index contributed by atoms with van der Waals surface area (Å²) in [5, 5.41) is 7.38. The molecule has 0 aromatic carbocycles. The van der Waals surface area contributed by atoms with Gasteiger partial charge in [-0.15, -0.1) is 0 Å². The smallest absolute Gasteiger partial charge is 0.223 e. The first kappa shape index (κ1) is 16.9. The van der Waals surface area contributed by atoms with E-state index in [1.54, 1.807) is 11.3 Å². The van der Waals surface area contributed by atoms with Gasteiger partial charge in [0.2, 0.25) is 5.91 Å². The lowest BCUT2D eigenvalue weighted by molar-refractivity contribution is -0.127. The fourth-order valence-electron chi connectivity index (χ4n) is 3.82. The highest BCUT2D eigenvalue weighted by molar-refractivity contribution is 7.07. The molecule has 4 nitrogen and oxygen atoms in total. The van der Waals surface area contributed by atoms with Crippen molar-refractivity contribution in [3.05, 3.63) is 22.4 Å². The Hall–Kier alpha value is -0.910. The summed E-state index contributed by atoms with van der Waals surface area (Å²) in [6.07, 6.45) is 4.58. The van der Waals surface area contributed by atoms with E-state index in [0.717, 1.165) is 32.0 Å². The SMILES string of the molecule is CC(NC(=O)C1CCN(C2CCN(C)CC2)CC1)c1ccsc1. The van der Waals surface area contributed by atoms with Crippen molar-refractivity contribution in [1.29, 1.82) is 0 Å². The third kappa shape index (κ3) is 4.34. The monoisotopic (exact) mass is 335 g/mol. The quantitative estimate of drug-likeness (QED) is 0.919. The van der Waals surface area contributed by atoms with Crippen LogP contribution in [-0.2, 0) is 4.79 Å². The number of piperidine rings is 2. The second-order valence-corrected chi connectivity index (χ2v) is 7.91. The van der Waals surface area contributed by atoms with Gasteiger partial charge in [-0.1, -0.05) is 0 Å². The Labute approximate surface area is 143 Å². The standard InChI is InChI=1S/C18H29N3OS/c1-14(16-7-12-23-13-16)19-18(22)15-3-10-21(11-4-15)17-5-8-20(2)9-6-17/h7,12-15,17H,3-6,8-11H2,1-2H3,(H,19,22). The number of thiophene rings is 1. The lowest BCUT2D eigenvalue weighted by Crippen LogP contribution is -2.48. The van der Waals surface area contributed by atoms with Crippen LogP contribution >= 0.6 is 11.3 Å². The molecule has 0 saturated carbocycles. The molecule has 1 aromatic rings. The third-order valence-corrected chi connectivity index (χ3v) is 6.21. The molecule has 5 heteroatoms. The summed E-state index contributed by atoms with van der Waals surface area (Å²) in [6, 6.07) is 2.96. The van der Waals surface area contributed by atoms with Crippen LogP contribution in [-0.4, -0.2) is 55.0 Å². The molecule has 2 fully saturated rings. The largest absolute Gasteiger partial charge is 0.349 e. The summed E-state index contributed by atoms with van der Waals surface area (Å²) in [6.45, 7) is 6.67. The average molecular weight is 336 g/mol. The van der Waals surface area contributed by atoms with Gasteiger partial charge in [-0.25, -0.2) is 0 Å². The van der Waals surface area contributed by atoms with E-state index in [2.05, 4.69) is 45.9 Å². The van der Waals surface area contributed by atoms with Crippen molar-refractivity contribution in [2.24, 2.45) is 5.92 Å².